The molecule has 5 nitrogen and oxygen atoms in total. The SMILES string of the molecule is NC[C@H]1CN(c2ccc(N3CCSCC3)cc2)C(=O)O1. The topological polar surface area (TPSA) is 58.8 Å². The molecular weight excluding hydrogens is 274 g/mol. The van der Waals surface area contributed by atoms with Crippen LogP contribution in [-0.4, -0.2) is 49.9 Å². The Balaban J connectivity index is 1.71. The molecule has 2 aliphatic heterocycles. The summed E-state index contributed by atoms with van der Waals surface area (Å²) in [6.45, 7) is 3.08. The number of nitrogens with two attached hydrogens (primary N) is 1. The van der Waals surface area contributed by atoms with Gasteiger partial charge in [0.25, 0.3) is 0 Å². The molecule has 1 aromatic carbocycles. The van der Waals surface area contributed by atoms with E-state index in [4.69, 9.17) is 10.5 Å². The molecular formula is C14H19N3O2S. The lowest BCUT2D eigenvalue weighted by molar-refractivity contribution is 0.145. The van der Waals surface area contributed by atoms with E-state index in [1.54, 1.807) is 4.90 Å². The van der Waals surface area contributed by atoms with Gasteiger partial charge in [0.2, 0.25) is 0 Å². The Bertz CT molecular complexity index is 474. The lowest BCUT2D eigenvalue weighted by atomic mass is 10.2. The number of rotatable bonds is 3. The Morgan fingerprint density at radius 3 is 2.45 bits per heavy atom. The molecule has 0 spiro atoms. The molecule has 0 unspecified atom stereocenters. The van der Waals surface area contributed by atoms with Crippen LogP contribution >= 0.6 is 11.8 Å². The van der Waals surface area contributed by atoms with Crippen LogP contribution in [0.15, 0.2) is 24.3 Å². The summed E-state index contributed by atoms with van der Waals surface area (Å²) < 4.78 is 5.17. The fourth-order valence-corrected chi connectivity index (χ4v) is 3.42. The van der Waals surface area contributed by atoms with E-state index >= 15 is 0 Å². The maximum atomic E-state index is 11.8. The van der Waals surface area contributed by atoms with Crippen molar-refractivity contribution in [1.29, 1.82) is 0 Å². The number of benzene rings is 1. The van der Waals surface area contributed by atoms with Crippen molar-refractivity contribution in [2.24, 2.45) is 5.73 Å². The summed E-state index contributed by atoms with van der Waals surface area (Å²) in [5.74, 6) is 2.36. The van der Waals surface area contributed by atoms with E-state index in [1.807, 2.05) is 23.9 Å². The van der Waals surface area contributed by atoms with Gasteiger partial charge in [0.1, 0.15) is 6.10 Å². The predicted molar refractivity (Wildman–Crippen MR) is 82.6 cm³/mol. The summed E-state index contributed by atoms with van der Waals surface area (Å²) in [6.07, 6.45) is -0.496. The van der Waals surface area contributed by atoms with E-state index in [0.29, 0.717) is 13.1 Å². The number of carbonyl (C=O) groups is 1. The second-order valence-corrected chi connectivity index (χ2v) is 6.19. The molecule has 1 atom stereocenters. The quantitative estimate of drug-likeness (QED) is 0.916. The minimum absolute atomic E-state index is 0.193. The number of carbonyl (C=O) groups excluding carboxylic acids is 1. The van der Waals surface area contributed by atoms with Gasteiger partial charge in [-0.2, -0.15) is 11.8 Å². The summed E-state index contributed by atoms with van der Waals surface area (Å²) in [5.41, 5.74) is 7.64. The number of amides is 1. The van der Waals surface area contributed by atoms with Gasteiger partial charge in [0, 0.05) is 42.5 Å². The fraction of sp³-hybridized carbons (Fsp3) is 0.500. The zero-order valence-corrected chi connectivity index (χ0v) is 12.1. The van der Waals surface area contributed by atoms with Gasteiger partial charge in [-0.3, -0.25) is 4.90 Å². The summed E-state index contributed by atoms with van der Waals surface area (Å²) in [7, 11) is 0. The molecule has 3 rings (SSSR count). The van der Waals surface area contributed by atoms with Crippen LogP contribution in [0.5, 0.6) is 0 Å². The van der Waals surface area contributed by atoms with Gasteiger partial charge < -0.3 is 15.4 Å². The average molecular weight is 293 g/mol. The highest BCUT2D eigenvalue weighted by molar-refractivity contribution is 7.99. The van der Waals surface area contributed by atoms with Gasteiger partial charge in [-0.1, -0.05) is 0 Å². The zero-order chi connectivity index (χ0) is 13.9. The van der Waals surface area contributed by atoms with Gasteiger partial charge >= 0.3 is 6.09 Å². The monoisotopic (exact) mass is 293 g/mol. The molecule has 20 heavy (non-hydrogen) atoms. The first-order chi connectivity index (χ1) is 9.78. The summed E-state index contributed by atoms with van der Waals surface area (Å²) in [4.78, 5) is 15.8. The van der Waals surface area contributed by atoms with Crippen molar-refractivity contribution in [3.63, 3.8) is 0 Å². The summed E-state index contributed by atoms with van der Waals surface area (Å²) in [6, 6.07) is 8.12. The molecule has 0 aromatic heterocycles. The van der Waals surface area contributed by atoms with Crippen molar-refractivity contribution in [3.05, 3.63) is 24.3 Å². The van der Waals surface area contributed by atoms with E-state index in [0.717, 1.165) is 18.8 Å². The molecule has 0 radical (unpaired) electrons. The highest BCUT2D eigenvalue weighted by atomic mass is 32.2. The molecule has 6 heteroatoms. The van der Waals surface area contributed by atoms with Crippen LogP contribution < -0.4 is 15.5 Å². The third kappa shape index (κ3) is 2.71. The molecule has 2 N–H and O–H groups in total. The molecule has 1 aromatic rings. The lowest BCUT2D eigenvalue weighted by Crippen LogP contribution is -2.32. The van der Waals surface area contributed by atoms with E-state index < -0.39 is 0 Å². The van der Waals surface area contributed by atoms with Crippen LogP contribution in [0.4, 0.5) is 16.2 Å². The highest BCUT2D eigenvalue weighted by Crippen LogP contribution is 2.26. The smallest absolute Gasteiger partial charge is 0.414 e. The maximum Gasteiger partial charge on any atom is 0.414 e. The van der Waals surface area contributed by atoms with Crippen LogP contribution in [0.25, 0.3) is 0 Å². The van der Waals surface area contributed by atoms with E-state index in [1.165, 1.54) is 17.2 Å². The Morgan fingerprint density at radius 2 is 1.85 bits per heavy atom. The molecule has 0 saturated carbocycles. The molecule has 2 fully saturated rings. The number of ether oxygens (including phenoxy) is 1. The fourth-order valence-electron chi connectivity index (χ4n) is 2.52. The van der Waals surface area contributed by atoms with E-state index in [9.17, 15) is 4.79 Å². The first-order valence-corrected chi connectivity index (χ1v) is 8.04. The number of cyclic esters (lactones) is 1. The lowest BCUT2D eigenvalue weighted by Gasteiger charge is -2.28. The van der Waals surface area contributed by atoms with Crippen molar-refractivity contribution < 1.29 is 9.53 Å². The maximum absolute atomic E-state index is 11.8. The molecule has 0 bridgehead atoms. The highest BCUT2D eigenvalue weighted by Gasteiger charge is 2.31. The summed E-state index contributed by atoms with van der Waals surface area (Å²) in [5, 5.41) is 0. The second-order valence-electron chi connectivity index (χ2n) is 4.97. The largest absolute Gasteiger partial charge is 0.443 e. The average Bonchev–Trinajstić information content (AvgIpc) is 2.89. The molecule has 0 aliphatic carbocycles. The molecule has 2 heterocycles. The minimum Gasteiger partial charge on any atom is -0.443 e. The van der Waals surface area contributed by atoms with Crippen LogP contribution in [0.2, 0.25) is 0 Å². The predicted octanol–water partition coefficient (Wildman–Crippen LogP) is 1.52. The van der Waals surface area contributed by atoms with Crippen molar-refractivity contribution in [1.82, 2.24) is 0 Å². The Hall–Kier alpha value is -1.40. The third-order valence-electron chi connectivity index (χ3n) is 3.67. The van der Waals surface area contributed by atoms with E-state index in [2.05, 4.69) is 17.0 Å². The van der Waals surface area contributed by atoms with Crippen LogP contribution in [0.1, 0.15) is 0 Å². The molecule has 2 aliphatic rings. The Morgan fingerprint density at radius 1 is 1.20 bits per heavy atom. The van der Waals surface area contributed by atoms with Crippen LogP contribution in [0, 0.1) is 0 Å². The van der Waals surface area contributed by atoms with Gasteiger partial charge in [-0.05, 0) is 24.3 Å². The Kier molecular flexibility index (Phi) is 4.03. The first-order valence-electron chi connectivity index (χ1n) is 6.89. The van der Waals surface area contributed by atoms with Crippen molar-refractivity contribution in [3.8, 4) is 0 Å². The summed E-state index contributed by atoms with van der Waals surface area (Å²) >= 11 is 2.00. The third-order valence-corrected chi connectivity index (χ3v) is 4.62. The number of hydrogen-bond acceptors (Lipinski definition) is 5. The number of thioether (sulfide) groups is 1. The van der Waals surface area contributed by atoms with Gasteiger partial charge in [0.05, 0.1) is 6.54 Å². The van der Waals surface area contributed by atoms with Crippen molar-refractivity contribution >= 4 is 29.2 Å². The van der Waals surface area contributed by atoms with Crippen molar-refractivity contribution in [2.75, 3.05) is 47.5 Å². The number of anilines is 2. The van der Waals surface area contributed by atoms with Crippen molar-refractivity contribution in [2.45, 2.75) is 6.10 Å². The first kappa shape index (κ1) is 13.6. The molecule has 108 valence electrons. The zero-order valence-electron chi connectivity index (χ0n) is 11.3. The Labute approximate surface area is 123 Å². The normalized spacial score (nSPS) is 23.1. The van der Waals surface area contributed by atoms with Crippen LogP contribution in [-0.2, 0) is 4.74 Å². The second kappa shape index (κ2) is 5.93. The standard InChI is InChI=1S/C14H19N3O2S/c15-9-13-10-17(14(18)19-13)12-3-1-11(2-4-12)16-5-7-20-8-6-16/h1-4,13H,5-10,15H2/t13-/m0/s1. The van der Waals surface area contributed by atoms with Gasteiger partial charge in [-0.15, -0.1) is 0 Å². The van der Waals surface area contributed by atoms with E-state index in [-0.39, 0.29) is 12.2 Å². The van der Waals surface area contributed by atoms with Gasteiger partial charge in [0.15, 0.2) is 0 Å². The minimum atomic E-state index is -0.303. The van der Waals surface area contributed by atoms with Gasteiger partial charge in [-0.25, -0.2) is 4.79 Å². The van der Waals surface area contributed by atoms with Crippen LogP contribution in [0.3, 0.4) is 0 Å². The molecule has 1 amide bonds. The number of hydrogen-bond donors (Lipinski definition) is 1. The number of nitrogens with zero attached hydrogens (tertiary/aromatic N) is 2. The molecule has 2 saturated heterocycles.